The van der Waals surface area contributed by atoms with Gasteiger partial charge in [-0.15, -0.1) is 0 Å². The van der Waals surface area contributed by atoms with Gasteiger partial charge in [-0.3, -0.25) is 14.4 Å². The first-order valence-corrected chi connectivity index (χ1v) is 14.0. The molecule has 7 nitrogen and oxygen atoms in total. The number of benzene rings is 4. The smallest absolute Gasteiger partial charge is 0.238 e. The Kier molecular flexibility index (Phi) is 5.22. The van der Waals surface area contributed by atoms with Crippen LogP contribution in [-0.2, 0) is 10.2 Å². The maximum absolute atomic E-state index is 15.0. The van der Waals surface area contributed by atoms with Crippen molar-refractivity contribution < 1.29 is 23.9 Å². The third kappa shape index (κ3) is 3.25. The molecule has 1 saturated heterocycles. The van der Waals surface area contributed by atoms with Crippen LogP contribution >= 0.6 is 0 Å². The highest BCUT2D eigenvalue weighted by molar-refractivity contribution is 6.18. The van der Waals surface area contributed by atoms with Crippen LogP contribution in [0.3, 0.4) is 0 Å². The molecule has 8 rings (SSSR count). The van der Waals surface area contributed by atoms with E-state index in [-0.39, 0.29) is 24.3 Å². The molecule has 206 valence electrons. The van der Waals surface area contributed by atoms with E-state index < -0.39 is 23.4 Å². The van der Waals surface area contributed by atoms with Crippen molar-refractivity contribution in [3.05, 3.63) is 125 Å². The number of ketones is 2. The topological polar surface area (TPSA) is 84.9 Å². The lowest BCUT2D eigenvalue weighted by molar-refractivity contribution is -0.121. The van der Waals surface area contributed by atoms with E-state index in [1.54, 1.807) is 30.3 Å². The van der Waals surface area contributed by atoms with Gasteiger partial charge in [-0.25, -0.2) is 0 Å². The van der Waals surface area contributed by atoms with E-state index in [4.69, 9.17) is 9.47 Å². The minimum Gasteiger partial charge on any atom is -0.454 e. The van der Waals surface area contributed by atoms with Gasteiger partial charge in [0, 0.05) is 22.5 Å². The van der Waals surface area contributed by atoms with Crippen molar-refractivity contribution in [3.8, 4) is 11.5 Å². The number of ether oxygens (including phenoxy) is 2. The van der Waals surface area contributed by atoms with Crippen LogP contribution in [0.2, 0.25) is 0 Å². The van der Waals surface area contributed by atoms with E-state index in [0.29, 0.717) is 33.9 Å². The third-order valence-electron chi connectivity index (χ3n) is 9.06. The third-order valence-corrected chi connectivity index (χ3v) is 9.06. The Balaban J connectivity index is 1.42. The number of hydrogen-bond acceptors (Lipinski definition) is 6. The number of nitrogens with one attached hydrogen (secondary N) is 1. The van der Waals surface area contributed by atoms with Gasteiger partial charge in [0.25, 0.3) is 0 Å². The Morgan fingerprint density at radius 3 is 2.50 bits per heavy atom. The Labute approximate surface area is 242 Å². The summed E-state index contributed by atoms with van der Waals surface area (Å²) in [4.78, 5) is 46.1. The molecule has 4 aromatic carbocycles. The van der Waals surface area contributed by atoms with Crippen LogP contribution in [0.4, 0.5) is 11.4 Å². The second-order valence-corrected chi connectivity index (χ2v) is 11.2. The van der Waals surface area contributed by atoms with Crippen LogP contribution in [0, 0.1) is 12.8 Å². The lowest BCUT2D eigenvalue weighted by Gasteiger charge is -2.37. The molecule has 4 aliphatic heterocycles. The molecule has 4 heterocycles. The van der Waals surface area contributed by atoms with E-state index in [1.807, 2.05) is 84.6 Å². The number of carbonyl (C=O) groups excluding carboxylic acids is 3. The summed E-state index contributed by atoms with van der Waals surface area (Å²) in [5.74, 6) is -0.827. The number of fused-ring (bicyclic) bond motifs is 7. The zero-order valence-electron chi connectivity index (χ0n) is 22.7. The molecule has 1 spiro atoms. The number of anilines is 2. The normalized spacial score (nSPS) is 24.3. The fourth-order valence-corrected chi connectivity index (χ4v) is 7.28. The second-order valence-electron chi connectivity index (χ2n) is 11.2. The van der Waals surface area contributed by atoms with Crippen LogP contribution in [0.15, 0.2) is 97.1 Å². The number of aryl methyl sites for hydroxylation is 1. The predicted octanol–water partition coefficient (Wildman–Crippen LogP) is 5.58. The monoisotopic (exact) mass is 554 g/mol. The minimum absolute atomic E-state index is 0.0715. The minimum atomic E-state index is -1.36. The molecule has 1 amide bonds. The molecule has 7 heteroatoms. The van der Waals surface area contributed by atoms with Gasteiger partial charge in [0.1, 0.15) is 11.5 Å². The quantitative estimate of drug-likeness (QED) is 0.332. The first kappa shape index (κ1) is 24.6. The van der Waals surface area contributed by atoms with E-state index in [1.165, 1.54) is 0 Å². The van der Waals surface area contributed by atoms with Crippen molar-refractivity contribution in [2.45, 2.75) is 24.4 Å². The molecule has 42 heavy (non-hydrogen) atoms. The van der Waals surface area contributed by atoms with Gasteiger partial charge in [-0.05, 0) is 53.9 Å². The van der Waals surface area contributed by atoms with Crippen LogP contribution in [0.5, 0.6) is 11.5 Å². The molecule has 4 atom stereocenters. The highest BCUT2D eigenvalue weighted by Gasteiger charge is 2.70. The summed E-state index contributed by atoms with van der Waals surface area (Å²) in [6.07, 6.45) is 3.99. The lowest BCUT2D eigenvalue weighted by Crippen LogP contribution is -2.51. The molecule has 1 fully saturated rings. The van der Waals surface area contributed by atoms with Crippen molar-refractivity contribution in [2.24, 2.45) is 5.92 Å². The van der Waals surface area contributed by atoms with Crippen LogP contribution in [0.1, 0.15) is 37.4 Å². The van der Waals surface area contributed by atoms with Crippen molar-refractivity contribution in [3.63, 3.8) is 0 Å². The largest absolute Gasteiger partial charge is 0.454 e. The maximum atomic E-state index is 15.0. The number of carbonyl (C=O) groups is 3. The number of hydrogen-bond donors (Lipinski definition) is 1. The standard InChI is InChI=1S/C35H26N2O5/c1-20-11-12-21-14-16-29-35(24-9-5-6-10-25(24)36-34(35)40)30(32(38)23-13-15-27-28(18-23)42-19-41-27)31(37(29)26(21)17-20)33(39)22-7-3-2-4-8-22/h2-18,29-31H,19H2,1H3,(H,36,40)/t29-,30+,31-,35+/m0/s1. The number of nitrogens with zero attached hydrogens (tertiary/aromatic N) is 1. The maximum Gasteiger partial charge on any atom is 0.238 e. The van der Waals surface area contributed by atoms with Crippen LogP contribution in [-0.4, -0.2) is 36.4 Å². The molecule has 4 aromatic rings. The molecule has 0 saturated carbocycles. The van der Waals surface area contributed by atoms with Crippen LogP contribution in [0.25, 0.3) is 6.08 Å². The summed E-state index contributed by atoms with van der Waals surface area (Å²) >= 11 is 0. The van der Waals surface area contributed by atoms with Crippen molar-refractivity contribution in [1.82, 2.24) is 0 Å². The molecule has 0 unspecified atom stereocenters. The molecule has 0 aliphatic carbocycles. The van der Waals surface area contributed by atoms with E-state index in [9.17, 15) is 14.4 Å². The van der Waals surface area contributed by atoms with Gasteiger partial charge < -0.3 is 19.7 Å². The molecule has 0 radical (unpaired) electrons. The van der Waals surface area contributed by atoms with Crippen LogP contribution < -0.4 is 19.7 Å². The molecule has 0 aromatic heterocycles. The van der Waals surface area contributed by atoms with Gasteiger partial charge in [0.15, 0.2) is 23.1 Å². The zero-order chi connectivity index (χ0) is 28.6. The summed E-state index contributed by atoms with van der Waals surface area (Å²) in [7, 11) is 0. The number of amides is 1. The molecular weight excluding hydrogens is 528 g/mol. The van der Waals surface area contributed by atoms with Gasteiger partial charge in [0.2, 0.25) is 12.7 Å². The van der Waals surface area contributed by atoms with Gasteiger partial charge in [-0.2, -0.15) is 0 Å². The summed E-state index contributed by atoms with van der Waals surface area (Å²) in [6, 6.07) is 26.1. The molecule has 1 N–H and O–H groups in total. The Morgan fingerprint density at radius 2 is 1.64 bits per heavy atom. The second kappa shape index (κ2) is 8.91. The zero-order valence-corrected chi connectivity index (χ0v) is 22.7. The van der Waals surface area contributed by atoms with E-state index in [0.717, 1.165) is 16.8 Å². The van der Waals surface area contributed by atoms with Gasteiger partial charge >= 0.3 is 0 Å². The lowest BCUT2D eigenvalue weighted by atomic mass is 9.64. The Hall–Kier alpha value is -5.17. The summed E-state index contributed by atoms with van der Waals surface area (Å²) in [5.41, 5.74) is 3.63. The number of rotatable bonds is 4. The van der Waals surface area contributed by atoms with Crippen molar-refractivity contribution in [1.29, 1.82) is 0 Å². The Bertz CT molecular complexity index is 1850. The first-order valence-electron chi connectivity index (χ1n) is 14.0. The van der Waals surface area contributed by atoms with E-state index >= 15 is 0 Å². The molecule has 0 bridgehead atoms. The predicted molar refractivity (Wildman–Crippen MR) is 158 cm³/mol. The Morgan fingerprint density at radius 1 is 0.857 bits per heavy atom. The number of para-hydroxylation sites is 1. The highest BCUT2D eigenvalue weighted by atomic mass is 16.7. The first-order chi connectivity index (χ1) is 20.5. The molecular formula is C35H26N2O5. The number of Topliss-reactive ketones (excluding diaryl/α,β-unsaturated/α-hetero) is 2. The summed E-state index contributed by atoms with van der Waals surface area (Å²) in [6.45, 7) is 2.07. The van der Waals surface area contributed by atoms with Crippen molar-refractivity contribution >= 4 is 34.9 Å². The van der Waals surface area contributed by atoms with E-state index in [2.05, 4.69) is 5.32 Å². The fraction of sp³-hybridized carbons (Fsp3) is 0.171. The van der Waals surface area contributed by atoms with Gasteiger partial charge in [-0.1, -0.05) is 72.8 Å². The SMILES string of the molecule is Cc1ccc2c(c1)N1[C@H](C(=O)c3ccccc3)[C@H](C(=O)c3ccc4c(c3)OCO4)[C@]3(C(=O)Nc4ccccc43)[C@@H]1C=C2. The summed E-state index contributed by atoms with van der Waals surface area (Å²) < 4.78 is 11.1. The van der Waals surface area contributed by atoms with Gasteiger partial charge in [0.05, 0.1) is 12.0 Å². The average Bonchev–Trinajstić information content (AvgIpc) is 3.70. The fourth-order valence-electron chi connectivity index (χ4n) is 7.28. The average molecular weight is 555 g/mol. The highest BCUT2D eigenvalue weighted by Crippen LogP contribution is 2.58. The van der Waals surface area contributed by atoms with Crippen molar-refractivity contribution in [2.75, 3.05) is 17.0 Å². The molecule has 4 aliphatic rings. The summed E-state index contributed by atoms with van der Waals surface area (Å²) in [5, 5.41) is 3.07.